The van der Waals surface area contributed by atoms with Crippen molar-refractivity contribution < 1.29 is 33.5 Å². The molecule has 13 heteroatoms. The zero-order valence-corrected chi connectivity index (χ0v) is 43.0. The van der Waals surface area contributed by atoms with Crippen LogP contribution in [0.3, 0.4) is 0 Å². The SMILES string of the molecule is CC(NC(=O)C(N)C(C)C)C(=O)Nc1ccc2c(c1)[C@@]1(C)CCC[C@](C)(C(=O)NC(=O)[C@@]3(C)CCC[C@]4(C)c5cc(NC(=O)CNC(=O)OCC6c7ccccc7-c7ccccc76)ccc5CC[C@@H]34)[C@@H]1CC2. The number of benzene rings is 4. The highest BCUT2D eigenvalue weighted by Gasteiger charge is 2.58. The predicted molar refractivity (Wildman–Crippen MR) is 279 cm³/mol. The molecule has 0 spiro atoms. The lowest BCUT2D eigenvalue weighted by Crippen LogP contribution is -2.60. The Labute approximate surface area is 424 Å². The van der Waals surface area contributed by atoms with E-state index in [-0.39, 0.29) is 77.2 Å². The lowest BCUT2D eigenvalue weighted by atomic mass is 9.49. The third-order valence-electron chi connectivity index (χ3n) is 18.0. The number of alkyl carbamates (subject to hydrolysis) is 1. The molecule has 4 aromatic carbocycles. The van der Waals surface area contributed by atoms with Gasteiger partial charge in [0.1, 0.15) is 19.2 Å². The van der Waals surface area contributed by atoms with Gasteiger partial charge in [0.15, 0.2) is 0 Å². The third-order valence-corrected chi connectivity index (χ3v) is 18.0. The third kappa shape index (κ3) is 9.11. The molecule has 5 aliphatic carbocycles. The molecule has 0 aromatic heterocycles. The van der Waals surface area contributed by atoms with Crippen LogP contribution in [-0.2, 0) is 52.4 Å². The minimum absolute atomic E-state index is 0.0468. The molecule has 9 rings (SSSR count). The number of imide groups is 1. The van der Waals surface area contributed by atoms with Crippen molar-refractivity contribution in [2.45, 2.75) is 142 Å². The van der Waals surface area contributed by atoms with Crippen LogP contribution >= 0.6 is 0 Å². The van der Waals surface area contributed by atoms with E-state index in [9.17, 15) is 28.8 Å². The first-order valence-electron chi connectivity index (χ1n) is 26.1. The van der Waals surface area contributed by atoms with E-state index in [4.69, 9.17) is 10.5 Å². The first-order chi connectivity index (χ1) is 34.3. The highest BCUT2D eigenvalue weighted by Crippen LogP contribution is 2.60. The number of nitrogens with one attached hydrogen (secondary N) is 5. The molecule has 4 aromatic rings. The van der Waals surface area contributed by atoms with Gasteiger partial charge < -0.3 is 31.7 Å². The second-order valence-electron chi connectivity index (χ2n) is 22.8. The Bertz CT molecular complexity index is 2780. The van der Waals surface area contributed by atoms with Gasteiger partial charge in [-0.2, -0.15) is 0 Å². The van der Waals surface area contributed by atoms with Gasteiger partial charge in [0, 0.05) is 17.3 Å². The fourth-order valence-electron chi connectivity index (χ4n) is 13.9. The van der Waals surface area contributed by atoms with Crippen molar-refractivity contribution in [3.8, 4) is 11.1 Å². The Kier molecular flexibility index (Phi) is 13.8. The maximum absolute atomic E-state index is 14.9. The number of anilines is 2. The molecular formula is C59H72N6O7. The van der Waals surface area contributed by atoms with E-state index >= 15 is 0 Å². The predicted octanol–water partition coefficient (Wildman–Crippen LogP) is 8.95. The summed E-state index contributed by atoms with van der Waals surface area (Å²) in [7, 11) is 0. The summed E-state index contributed by atoms with van der Waals surface area (Å²) in [4.78, 5) is 81.8. The molecule has 72 heavy (non-hydrogen) atoms. The second kappa shape index (κ2) is 19.6. The Morgan fingerprint density at radius 2 is 1.15 bits per heavy atom. The highest BCUT2D eigenvalue weighted by atomic mass is 16.5. The zero-order chi connectivity index (χ0) is 51.3. The summed E-state index contributed by atoms with van der Waals surface area (Å²) in [5, 5.41) is 14.4. The molecule has 0 saturated heterocycles. The van der Waals surface area contributed by atoms with Gasteiger partial charge in [0.05, 0.1) is 16.9 Å². The van der Waals surface area contributed by atoms with Crippen molar-refractivity contribution in [1.82, 2.24) is 16.0 Å². The summed E-state index contributed by atoms with van der Waals surface area (Å²) < 4.78 is 5.66. The average Bonchev–Trinajstić information content (AvgIpc) is 3.68. The van der Waals surface area contributed by atoms with Crippen LogP contribution in [-0.4, -0.2) is 60.9 Å². The number of rotatable bonds is 12. The minimum atomic E-state index is -0.816. The monoisotopic (exact) mass is 977 g/mol. The summed E-state index contributed by atoms with van der Waals surface area (Å²) in [6, 6.07) is 26.7. The molecule has 380 valence electrons. The van der Waals surface area contributed by atoms with Gasteiger partial charge in [0.25, 0.3) is 0 Å². The lowest BCUT2D eigenvalue weighted by molar-refractivity contribution is -0.150. The maximum atomic E-state index is 14.9. The van der Waals surface area contributed by atoms with E-state index in [1.54, 1.807) is 6.92 Å². The van der Waals surface area contributed by atoms with Gasteiger partial charge in [-0.05, 0) is 156 Å². The number of amides is 6. The molecular weight excluding hydrogens is 905 g/mol. The molecule has 13 nitrogen and oxygen atoms in total. The number of carbonyl (C=O) groups excluding carboxylic acids is 6. The summed E-state index contributed by atoms with van der Waals surface area (Å²) in [5.41, 5.74) is 14.0. The molecule has 8 atom stereocenters. The number of hydrogen-bond acceptors (Lipinski definition) is 8. The number of hydrogen-bond donors (Lipinski definition) is 6. The van der Waals surface area contributed by atoms with Gasteiger partial charge in [-0.15, -0.1) is 0 Å². The summed E-state index contributed by atoms with van der Waals surface area (Å²) in [5.74, 6) is -1.80. The van der Waals surface area contributed by atoms with Crippen molar-refractivity contribution >= 4 is 47.0 Å². The topological polar surface area (TPSA) is 198 Å². The fraction of sp³-hybridized carbons (Fsp3) is 0.492. The van der Waals surface area contributed by atoms with Crippen molar-refractivity contribution in [3.63, 3.8) is 0 Å². The summed E-state index contributed by atoms with van der Waals surface area (Å²) >= 11 is 0. The molecule has 5 aliphatic rings. The van der Waals surface area contributed by atoms with Gasteiger partial charge in [0.2, 0.25) is 29.5 Å². The molecule has 0 bridgehead atoms. The molecule has 7 N–H and O–H groups in total. The van der Waals surface area contributed by atoms with Crippen molar-refractivity contribution in [2.24, 2.45) is 34.3 Å². The van der Waals surface area contributed by atoms with Gasteiger partial charge in [-0.3, -0.25) is 29.3 Å². The van der Waals surface area contributed by atoms with Crippen LogP contribution in [0.4, 0.5) is 16.2 Å². The van der Waals surface area contributed by atoms with Crippen LogP contribution in [0.25, 0.3) is 11.1 Å². The standard InChI is InChI=1S/C59H72N6O7/c1-34(2)50(60)52(68)62-35(3)51(67)64-39-23-19-37-21-25-48-57(5,46(37)31-39)27-13-29-59(48,7)54(70)65-53(69)58(6)28-12-26-56(4)45-30-38(22-18-36(45)20-24-47(56)58)63-49(66)32-61-55(71)72-33-44-42-16-10-8-14-40(42)41-15-9-11-17-43(41)44/h8-11,14-19,22-23,30-31,34-35,44,47-48,50H,12-13,20-21,24-29,32-33,60H2,1-7H3,(H,61,71)(H,62,68)(H,63,66)(H,64,67)(H,65,69,70)/t35?,47-,48-,50?,56-,57-,58+,59+/m1/s1. The second-order valence-corrected chi connectivity index (χ2v) is 22.8. The first kappa shape index (κ1) is 50.6. The van der Waals surface area contributed by atoms with E-state index < -0.39 is 29.0 Å². The van der Waals surface area contributed by atoms with E-state index in [1.807, 2.05) is 76.2 Å². The normalized spacial score (nSPS) is 26.7. The van der Waals surface area contributed by atoms with Crippen LogP contribution < -0.4 is 32.3 Å². The Balaban J connectivity index is 0.834. The molecule has 0 radical (unpaired) electrons. The largest absolute Gasteiger partial charge is 0.449 e. The lowest BCUT2D eigenvalue weighted by Gasteiger charge is -2.56. The summed E-state index contributed by atoms with van der Waals surface area (Å²) in [6.07, 6.45) is 7.12. The highest BCUT2D eigenvalue weighted by molar-refractivity contribution is 6.01. The van der Waals surface area contributed by atoms with Crippen molar-refractivity contribution in [3.05, 3.63) is 118 Å². The van der Waals surface area contributed by atoms with E-state index in [2.05, 4.69) is 76.8 Å². The number of nitrogens with two attached hydrogens (primary N) is 1. The Hall–Kier alpha value is -6.34. The van der Waals surface area contributed by atoms with Crippen LogP contribution in [0.1, 0.15) is 139 Å². The maximum Gasteiger partial charge on any atom is 0.407 e. The Morgan fingerprint density at radius 1 is 0.653 bits per heavy atom. The smallest absolute Gasteiger partial charge is 0.407 e. The quantitative estimate of drug-likeness (QED) is 0.0757. The first-order valence-corrected chi connectivity index (χ1v) is 26.1. The fourth-order valence-corrected chi connectivity index (χ4v) is 13.9. The van der Waals surface area contributed by atoms with Crippen molar-refractivity contribution in [2.75, 3.05) is 23.8 Å². The number of aryl methyl sites for hydroxylation is 2. The average molecular weight is 977 g/mol. The molecule has 2 fully saturated rings. The van der Waals surface area contributed by atoms with Gasteiger partial charge >= 0.3 is 6.09 Å². The number of fused-ring (bicyclic) bond motifs is 9. The van der Waals surface area contributed by atoms with E-state index in [1.165, 1.54) is 11.1 Å². The molecule has 2 unspecified atom stereocenters. The molecule has 0 heterocycles. The van der Waals surface area contributed by atoms with Crippen molar-refractivity contribution in [1.29, 1.82) is 0 Å². The molecule has 6 amide bonds. The van der Waals surface area contributed by atoms with Crippen LogP contribution in [0, 0.1) is 28.6 Å². The molecule has 0 aliphatic heterocycles. The van der Waals surface area contributed by atoms with Crippen LogP contribution in [0.2, 0.25) is 0 Å². The molecule has 2 saturated carbocycles. The minimum Gasteiger partial charge on any atom is -0.449 e. The van der Waals surface area contributed by atoms with E-state index in [0.29, 0.717) is 24.2 Å². The number of carbonyl (C=O) groups is 6. The van der Waals surface area contributed by atoms with E-state index in [0.717, 1.165) is 84.7 Å². The Morgan fingerprint density at radius 3 is 1.67 bits per heavy atom. The zero-order valence-electron chi connectivity index (χ0n) is 43.0. The number of ether oxygens (including phenoxy) is 1. The van der Waals surface area contributed by atoms with Gasteiger partial charge in [-0.1, -0.05) is 115 Å². The van der Waals surface area contributed by atoms with Gasteiger partial charge in [-0.25, -0.2) is 4.79 Å². The summed E-state index contributed by atoms with van der Waals surface area (Å²) in [6.45, 7) is 13.8. The van der Waals surface area contributed by atoms with Crippen LogP contribution in [0.15, 0.2) is 84.9 Å². The van der Waals surface area contributed by atoms with Crippen LogP contribution in [0.5, 0.6) is 0 Å².